The molecule has 5 nitrogen and oxygen atoms in total. The highest BCUT2D eigenvalue weighted by Crippen LogP contribution is 2.33. The Morgan fingerprint density at radius 3 is 2.65 bits per heavy atom. The van der Waals surface area contributed by atoms with Gasteiger partial charge in [-0.15, -0.1) is 11.3 Å². The van der Waals surface area contributed by atoms with Crippen LogP contribution in [0.15, 0.2) is 42.5 Å². The minimum absolute atomic E-state index is 0.173. The maximum Gasteiger partial charge on any atom is 0.255 e. The van der Waals surface area contributed by atoms with E-state index in [1.807, 2.05) is 37.3 Å². The molecule has 0 bridgehead atoms. The number of thiazole rings is 1. The van der Waals surface area contributed by atoms with E-state index in [0.29, 0.717) is 36.0 Å². The van der Waals surface area contributed by atoms with Gasteiger partial charge in [0.1, 0.15) is 18.2 Å². The molecule has 0 radical (unpaired) electrons. The van der Waals surface area contributed by atoms with Crippen molar-refractivity contribution in [2.24, 2.45) is 0 Å². The molecule has 1 aliphatic heterocycles. The summed E-state index contributed by atoms with van der Waals surface area (Å²) in [6, 6.07) is 12.9. The predicted molar refractivity (Wildman–Crippen MR) is 102 cm³/mol. The molecule has 0 aliphatic carbocycles. The third-order valence-electron chi connectivity index (χ3n) is 4.20. The molecule has 1 aromatic heterocycles. The normalized spacial score (nSPS) is 12.7. The Morgan fingerprint density at radius 2 is 1.88 bits per heavy atom. The number of anilines is 1. The predicted octanol–water partition coefficient (Wildman–Crippen LogP) is 4.45. The van der Waals surface area contributed by atoms with E-state index in [-0.39, 0.29) is 5.91 Å². The number of aryl methyl sites for hydroxylation is 2. The number of carbonyl (C=O) groups is 1. The van der Waals surface area contributed by atoms with Crippen molar-refractivity contribution in [3.8, 4) is 22.1 Å². The molecule has 0 saturated heterocycles. The molecule has 4 rings (SSSR count). The monoisotopic (exact) mass is 366 g/mol. The first-order valence-corrected chi connectivity index (χ1v) is 9.17. The Morgan fingerprint density at radius 1 is 1.08 bits per heavy atom. The lowest BCUT2D eigenvalue weighted by molar-refractivity contribution is 0.102. The van der Waals surface area contributed by atoms with Gasteiger partial charge in [-0.2, -0.15) is 0 Å². The van der Waals surface area contributed by atoms with Crippen LogP contribution < -0.4 is 14.8 Å². The molecule has 0 spiro atoms. The van der Waals surface area contributed by atoms with Crippen LogP contribution in [-0.4, -0.2) is 24.1 Å². The molecule has 2 heterocycles. The fourth-order valence-corrected chi connectivity index (χ4v) is 3.62. The number of ether oxygens (including phenoxy) is 2. The lowest BCUT2D eigenvalue weighted by Gasteiger charge is -2.19. The summed E-state index contributed by atoms with van der Waals surface area (Å²) in [5.74, 6) is 1.18. The summed E-state index contributed by atoms with van der Waals surface area (Å²) in [6.45, 7) is 5.10. The molecule has 0 unspecified atom stereocenters. The number of nitrogens with zero attached hydrogens (tertiary/aromatic N) is 1. The summed E-state index contributed by atoms with van der Waals surface area (Å²) in [6.07, 6.45) is 0. The molecular formula is C20H18N2O3S. The quantitative estimate of drug-likeness (QED) is 0.744. The minimum atomic E-state index is -0.173. The average Bonchev–Trinajstić information content (AvgIpc) is 3.00. The highest BCUT2D eigenvalue weighted by Gasteiger charge is 2.14. The topological polar surface area (TPSA) is 60.5 Å². The fraction of sp³-hybridized carbons (Fsp3) is 0.200. The Bertz CT molecular complexity index is 961. The molecule has 3 aromatic rings. The maximum absolute atomic E-state index is 12.6. The third-order valence-corrected chi connectivity index (χ3v) is 5.32. The van der Waals surface area contributed by atoms with Crippen LogP contribution in [0.2, 0.25) is 0 Å². The summed E-state index contributed by atoms with van der Waals surface area (Å²) in [5.41, 5.74) is 3.23. The van der Waals surface area contributed by atoms with Crippen LogP contribution in [0.1, 0.15) is 20.9 Å². The van der Waals surface area contributed by atoms with Crippen LogP contribution in [0.25, 0.3) is 10.6 Å². The highest BCUT2D eigenvalue weighted by molar-refractivity contribution is 7.15. The van der Waals surface area contributed by atoms with Crippen LogP contribution in [-0.2, 0) is 0 Å². The van der Waals surface area contributed by atoms with Crippen molar-refractivity contribution >= 4 is 22.9 Å². The van der Waals surface area contributed by atoms with Crippen LogP contribution >= 0.6 is 11.3 Å². The van der Waals surface area contributed by atoms with E-state index in [9.17, 15) is 4.79 Å². The second kappa shape index (κ2) is 6.80. The van der Waals surface area contributed by atoms with Gasteiger partial charge >= 0.3 is 0 Å². The Hall–Kier alpha value is -2.86. The lowest BCUT2D eigenvalue weighted by atomic mass is 10.1. The molecule has 26 heavy (non-hydrogen) atoms. The second-order valence-electron chi connectivity index (χ2n) is 6.05. The van der Waals surface area contributed by atoms with E-state index in [1.165, 1.54) is 4.88 Å². The van der Waals surface area contributed by atoms with Gasteiger partial charge in [0.05, 0.1) is 5.69 Å². The van der Waals surface area contributed by atoms with Crippen molar-refractivity contribution in [2.45, 2.75) is 13.8 Å². The van der Waals surface area contributed by atoms with Crippen molar-refractivity contribution in [1.29, 1.82) is 0 Å². The van der Waals surface area contributed by atoms with E-state index in [4.69, 9.17) is 9.47 Å². The Balaban J connectivity index is 1.56. The average molecular weight is 366 g/mol. The van der Waals surface area contributed by atoms with Crippen LogP contribution in [0.4, 0.5) is 5.69 Å². The number of aromatic nitrogens is 1. The van der Waals surface area contributed by atoms with Gasteiger partial charge in [0.2, 0.25) is 0 Å². The lowest BCUT2D eigenvalue weighted by Crippen LogP contribution is -2.16. The van der Waals surface area contributed by atoms with E-state index < -0.39 is 0 Å². The molecule has 0 atom stereocenters. The highest BCUT2D eigenvalue weighted by atomic mass is 32.1. The number of carbonyl (C=O) groups excluding carboxylic acids is 1. The zero-order valence-electron chi connectivity index (χ0n) is 14.5. The second-order valence-corrected chi connectivity index (χ2v) is 7.26. The van der Waals surface area contributed by atoms with Gasteiger partial charge in [0, 0.05) is 27.8 Å². The number of hydrogen-bond acceptors (Lipinski definition) is 5. The fourth-order valence-electron chi connectivity index (χ4n) is 2.71. The number of benzene rings is 2. The first-order chi connectivity index (χ1) is 12.6. The van der Waals surface area contributed by atoms with Gasteiger partial charge in [0.15, 0.2) is 11.5 Å². The summed E-state index contributed by atoms with van der Waals surface area (Å²) in [7, 11) is 0. The summed E-state index contributed by atoms with van der Waals surface area (Å²) in [5, 5.41) is 3.84. The molecule has 1 aliphatic rings. The van der Waals surface area contributed by atoms with Crippen molar-refractivity contribution in [3.05, 3.63) is 58.6 Å². The van der Waals surface area contributed by atoms with E-state index >= 15 is 0 Å². The van der Waals surface area contributed by atoms with Crippen LogP contribution in [0, 0.1) is 13.8 Å². The molecule has 1 N–H and O–H groups in total. The van der Waals surface area contributed by atoms with Gasteiger partial charge in [-0.25, -0.2) is 4.98 Å². The zero-order chi connectivity index (χ0) is 18.1. The van der Waals surface area contributed by atoms with E-state index in [2.05, 4.69) is 17.2 Å². The van der Waals surface area contributed by atoms with Crippen LogP contribution in [0.5, 0.6) is 11.5 Å². The molecule has 6 heteroatoms. The standard InChI is InChI=1S/C20H18N2O3S/c1-12-13(2)26-20(21-12)15-5-3-4-14(10-15)19(23)22-16-6-7-17-18(11-16)25-9-8-24-17/h3-7,10-11H,8-9H2,1-2H3,(H,22,23). The Kier molecular flexibility index (Phi) is 4.34. The van der Waals surface area contributed by atoms with Gasteiger partial charge in [-0.3, -0.25) is 4.79 Å². The molecular weight excluding hydrogens is 348 g/mol. The molecule has 1 amide bonds. The molecule has 0 saturated carbocycles. The molecule has 2 aromatic carbocycles. The van der Waals surface area contributed by atoms with Gasteiger partial charge in [-0.05, 0) is 38.1 Å². The smallest absolute Gasteiger partial charge is 0.255 e. The summed E-state index contributed by atoms with van der Waals surface area (Å²) < 4.78 is 11.1. The molecule has 0 fully saturated rings. The Labute approximate surface area is 155 Å². The van der Waals surface area contributed by atoms with Crippen molar-refractivity contribution in [1.82, 2.24) is 4.98 Å². The number of nitrogens with one attached hydrogen (secondary N) is 1. The van der Waals surface area contributed by atoms with Gasteiger partial charge in [-0.1, -0.05) is 12.1 Å². The van der Waals surface area contributed by atoms with Crippen molar-refractivity contribution in [2.75, 3.05) is 18.5 Å². The summed E-state index contributed by atoms with van der Waals surface area (Å²) >= 11 is 1.63. The summed E-state index contributed by atoms with van der Waals surface area (Å²) in [4.78, 5) is 18.4. The number of hydrogen-bond donors (Lipinski definition) is 1. The number of fused-ring (bicyclic) bond motifs is 1. The van der Waals surface area contributed by atoms with Gasteiger partial charge < -0.3 is 14.8 Å². The van der Waals surface area contributed by atoms with E-state index in [1.54, 1.807) is 23.5 Å². The van der Waals surface area contributed by atoms with Gasteiger partial charge in [0.25, 0.3) is 5.91 Å². The maximum atomic E-state index is 12.6. The number of amides is 1. The first-order valence-electron chi connectivity index (χ1n) is 8.35. The minimum Gasteiger partial charge on any atom is -0.486 e. The largest absolute Gasteiger partial charge is 0.486 e. The van der Waals surface area contributed by atoms with E-state index in [0.717, 1.165) is 16.3 Å². The molecule has 132 valence electrons. The van der Waals surface area contributed by atoms with Crippen molar-refractivity contribution in [3.63, 3.8) is 0 Å². The SMILES string of the molecule is Cc1nc(-c2cccc(C(=O)Nc3ccc4c(c3)OCCO4)c2)sc1C. The van der Waals surface area contributed by atoms with Crippen molar-refractivity contribution < 1.29 is 14.3 Å². The zero-order valence-corrected chi connectivity index (χ0v) is 15.4. The van der Waals surface area contributed by atoms with Crippen LogP contribution in [0.3, 0.4) is 0 Å². The number of rotatable bonds is 3. The first kappa shape index (κ1) is 16.6. The third kappa shape index (κ3) is 3.28.